The van der Waals surface area contributed by atoms with Gasteiger partial charge in [-0.25, -0.2) is 4.39 Å². The lowest BCUT2D eigenvalue weighted by molar-refractivity contribution is 0.199. The number of hydrogen-bond acceptors (Lipinski definition) is 4. The first-order valence-corrected chi connectivity index (χ1v) is 9.29. The van der Waals surface area contributed by atoms with Crippen LogP contribution in [0.5, 0.6) is 0 Å². The number of likely N-dealkylation sites (tertiary alicyclic amines) is 1. The van der Waals surface area contributed by atoms with Crippen molar-refractivity contribution in [2.75, 3.05) is 19.6 Å². The molecule has 3 heterocycles. The third kappa shape index (κ3) is 3.25. The summed E-state index contributed by atoms with van der Waals surface area (Å²) in [5.74, 6) is 2.51. The van der Waals surface area contributed by atoms with E-state index in [4.69, 9.17) is 0 Å². The van der Waals surface area contributed by atoms with E-state index >= 15 is 0 Å². The summed E-state index contributed by atoms with van der Waals surface area (Å²) >= 11 is 3.21. The van der Waals surface area contributed by atoms with E-state index in [9.17, 15) is 4.39 Å². The highest BCUT2D eigenvalue weighted by atomic mass is 79.9. The first-order valence-electron chi connectivity index (χ1n) is 8.49. The predicted octanol–water partition coefficient (Wildman–Crippen LogP) is 2.66. The minimum atomic E-state index is -0.189. The molecule has 0 aliphatic carbocycles. The van der Waals surface area contributed by atoms with Gasteiger partial charge in [0.25, 0.3) is 0 Å². The van der Waals surface area contributed by atoms with Crippen molar-refractivity contribution < 1.29 is 4.39 Å². The van der Waals surface area contributed by atoms with Crippen molar-refractivity contribution in [3.05, 3.63) is 45.7 Å². The molecule has 0 amide bonds. The number of hydrogen-bond donors (Lipinski definition) is 1. The summed E-state index contributed by atoms with van der Waals surface area (Å²) in [6, 6.07) is 5.40. The van der Waals surface area contributed by atoms with Crippen molar-refractivity contribution in [2.45, 2.75) is 38.4 Å². The third-order valence-electron chi connectivity index (χ3n) is 4.99. The van der Waals surface area contributed by atoms with Crippen LogP contribution in [0.2, 0.25) is 0 Å². The zero-order chi connectivity index (χ0) is 16.5. The molecular weight excluding hydrogens is 373 g/mol. The Morgan fingerprint density at radius 1 is 1.21 bits per heavy atom. The molecule has 1 N–H and O–H groups in total. The van der Waals surface area contributed by atoms with Crippen LogP contribution in [0.15, 0.2) is 22.7 Å². The monoisotopic (exact) mass is 393 g/mol. The highest BCUT2D eigenvalue weighted by Crippen LogP contribution is 2.28. The quantitative estimate of drug-likeness (QED) is 0.870. The number of rotatable bonds is 3. The first-order chi connectivity index (χ1) is 11.7. The lowest BCUT2D eigenvalue weighted by atomic mass is 9.95. The zero-order valence-corrected chi connectivity index (χ0v) is 15.1. The molecule has 0 saturated carbocycles. The van der Waals surface area contributed by atoms with E-state index in [2.05, 4.69) is 40.9 Å². The van der Waals surface area contributed by atoms with Crippen molar-refractivity contribution in [1.29, 1.82) is 0 Å². The summed E-state index contributed by atoms with van der Waals surface area (Å²) in [6.07, 6.45) is 2.18. The zero-order valence-electron chi connectivity index (χ0n) is 13.5. The summed E-state index contributed by atoms with van der Waals surface area (Å²) in [5, 5.41) is 12.1. The van der Waals surface area contributed by atoms with E-state index < -0.39 is 0 Å². The van der Waals surface area contributed by atoms with Crippen LogP contribution in [0.4, 0.5) is 4.39 Å². The molecule has 128 valence electrons. The van der Waals surface area contributed by atoms with Gasteiger partial charge in [0.15, 0.2) is 0 Å². The van der Waals surface area contributed by atoms with Crippen molar-refractivity contribution >= 4 is 15.9 Å². The smallest absolute Gasteiger partial charge is 0.147 e. The number of nitrogens with one attached hydrogen (secondary N) is 1. The number of piperidine rings is 1. The Bertz CT molecular complexity index is 724. The van der Waals surface area contributed by atoms with Crippen LogP contribution < -0.4 is 5.32 Å². The average molecular weight is 394 g/mol. The molecule has 24 heavy (non-hydrogen) atoms. The molecular formula is C17H21BrFN5. The second-order valence-corrected chi connectivity index (χ2v) is 7.46. The second kappa shape index (κ2) is 6.90. The molecule has 0 radical (unpaired) electrons. The van der Waals surface area contributed by atoms with Gasteiger partial charge in [-0.15, -0.1) is 10.2 Å². The van der Waals surface area contributed by atoms with Crippen LogP contribution in [0, 0.1) is 5.82 Å². The molecule has 1 fully saturated rings. The van der Waals surface area contributed by atoms with Gasteiger partial charge in [0, 0.05) is 25.6 Å². The Kier molecular flexibility index (Phi) is 4.65. The molecule has 2 aromatic rings. The van der Waals surface area contributed by atoms with Crippen LogP contribution in [0.3, 0.4) is 0 Å². The number of aromatic nitrogens is 3. The summed E-state index contributed by atoms with van der Waals surface area (Å²) in [6.45, 7) is 5.62. The molecule has 1 aromatic carbocycles. The Labute approximate surface area is 149 Å². The fraction of sp³-hybridized carbons (Fsp3) is 0.529. The number of nitrogens with zero attached hydrogens (tertiary/aromatic N) is 4. The summed E-state index contributed by atoms with van der Waals surface area (Å²) in [5.41, 5.74) is 1.03. The fourth-order valence-corrected chi connectivity index (χ4v) is 3.91. The van der Waals surface area contributed by atoms with Gasteiger partial charge >= 0.3 is 0 Å². The highest BCUT2D eigenvalue weighted by molar-refractivity contribution is 9.10. The molecule has 1 aromatic heterocycles. The third-order valence-corrected chi connectivity index (χ3v) is 5.64. The second-order valence-electron chi connectivity index (χ2n) is 6.60. The number of benzene rings is 1. The maximum absolute atomic E-state index is 13.7. The molecule has 0 bridgehead atoms. The normalized spacial score (nSPS) is 19.4. The fourth-order valence-electron chi connectivity index (χ4n) is 3.66. The van der Waals surface area contributed by atoms with Gasteiger partial charge < -0.3 is 9.88 Å². The maximum atomic E-state index is 13.7. The predicted molar refractivity (Wildman–Crippen MR) is 93.1 cm³/mol. The molecule has 2 aliphatic rings. The van der Waals surface area contributed by atoms with E-state index in [1.807, 2.05) is 6.07 Å². The summed E-state index contributed by atoms with van der Waals surface area (Å²) in [7, 11) is 0. The molecule has 0 spiro atoms. The van der Waals surface area contributed by atoms with Gasteiger partial charge in [0.1, 0.15) is 17.5 Å². The molecule has 7 heteroatoms. The van der Waals surface area contributed by atoms with Crippen molar-refractivity contribution in [1.82, 2.24) is 25.0 Å². The first kappa shape index (κ1) is 16.2. The minimum Gasteiger partial charge on any atom is -0.312 e. The van der Waals surface area contributed by atoms with Crippen LogP contribution in [-0.4, -0.2) is 39.3 Å². The van der Waals surface area contributed by atoms with E-state index in [0.717, 1.165) is 69.3 Å². The molecule has 1 saturated heterocycles. The van der Waals surface area contributed by atoms with Gasteiger partial charge in [-0.1, -0.05) is 6.07 Å². The van der Waals surface area contributed by atoms with Crippen molar-refractivity contribution in [2.24, 2.45) is 0 Å². The standard InChI is InChI=1S/C17H21BrFN5/c18-14-2-1-12(9-15(14)19)11-23-6-3-13(4-7-23)17-22-21-16-10-20-5-8-24(16)17/h1-2,9,13,20H,3-8,10-11H2. The lowest BCUT2D eigenvalue weighted by Crippen LogP contribution is -2.34. The van der Waals surface area contributed by atoms with Gasteiger partial charge in [0.2, 0.25) is 0 Å². The molecule has 0 unspecified atom stereocenters. The largest absolute Gasteiger partial charge is 0.312 e. The van der Waals surface area contributed by atoms with Crippen molar-refractivity contribution in [3.8, 4) is 0 Å². The van der Waals surface area contributed by atoms with E-state index in [1.54, 1.807) is 12.1 Å². The topological polar surface area (TPSA) is 46.0 Å². The maximum Gasteiger partial charge on any atom is 0.147 e. The van der Waals surface area contributed by atoms with E-state index in [0.29, 0.717) is 10.4 Å². The van der Waals surface area contributed by atoms with Crippen LogP contribution in [-0.2, 0) is 19.6 Å². The minimum absolute atomic E-state index is 0.189. The van der Waals surface area contributed by atoms with Gasteiger partial charge in [0.05, 0.1) is 11.0 Å². The van der Waals surface area contributed by atoms with E-state index in [1.165, 1.54) is 0 Å². The lowest BCUT2D eigenvalue weighted by Gasteiger charge is -2.32. The van der Waals surface area contributed by atoms with Crippen LogP contribution in [0.1, 0.15) is 36.0 Å². The van der Waals surface area contributed by atoms with Gasteiger partial charge in [-0.2, -0.15) is 0 Å². The highest BCUT2D eigenvalue weighted by Gasteiger charge is 2.27. The molecule has 5 nitrogen and oxygen atoms in total. The summed E-state index contributed by atoms with van der Waals surface area (Å²) < 4.78 is 16.5. The van der Waals surface area contributed by atoms with Crippen molar-refractivity contribution in [3.63, 3.8) is 0 Å². The van der Waals surface area contributed by atoms with Crippen LogP contribution >= 0.6 is 15.9 Å². The van der Waals surface area contributed by atoms with Crippen LogP contribution in [0.25, 0.3) is 0 Å². The SMILES string of the molecule is Fc1cc(CN2CCC(c3nnc4n3CCNC4)CC2)ccc1Br. The van der Waals surface area contributed by atoms with Gasteiger partial charge in [-0.05, 0) is 59.6 Å². The Morgan fingerprint density at radius 3 is 2.83 bits per heavy atom. The Balaban J connectivity index is 1.38. The number of halogens is 2. The van der Waals surface area contributed by atoms with Gasteiger partial charge in [-0.3, -0.25) is 4.90 Å². The summed E-state index contributed by atoms with van der Waals surface area (Å²) in [4.78, 5) is 2.40. The molecule has 4 rings (SSSR count). The Morgan fingerprint density at radius 2 is 2.04 bits per heavy atom. The average Bonchev–Trinajstić information content (AvgIpc) is 3.03. The molecule has 2 aliphatic heterocycles. The number of fused-ring (bicyclic) bond motifs is 1. The van der Waals surface area contributed by atoms with E-state index in [-0.39, 0.29) is 5.82 Å². The molecule has 0 atom stereocenters. The Hall–Kier alpha value is -1.31.